The van der Waals surface area contributed by atoms with Crippen LogP contribution in [0.25, 0.3) is 10.8 Å². The lowest BCUT2D eigenvalue weighted by Crippen LogP contribution is -2.50. The van der Waals surface area contributed by atoms with Crippen molar-refractivity contribution in [3.63, 3.8) is 0 Å². The van der Waals surface area contributed by atoms with Crippen LogP contribution in [0.15, 0.2) is 65.6 Å². The number of carbonyl (C=O) groups excluding carboxylic acids is 3. The fraction of sp³-hybridized carbons (Fsp3) is 0.296. The lowest BCUT2D eigenvalue weighted by atomic mass is 10.1. The Labute approximate surface area is 231 Å². The molecule has 3 aromatic carbocycles. The molecule has 0 bridgehead atoms. The zero-order valence-electron chi connectivity index (χ0n) is 21.8. The number of hydrogen-bond acceptors (Lipinski definition) is 7. The zero-order chi connectivity index (χ0) is 28.5. The van der Waals surface area contributed by atoms with Crippen LogP contribution in [0.2, 0.25) is 5.02 Å². The Bertz CT molecular complexity index is 1530. The molecule has 0 radical (unpaired) electrons. The largest absolute Gasteiger partial charge is 0.442 e. The Morgan fingerprint density at radius 3 is 2.05 bits per heavy atom. The van der Waals surface area contributed by atoms with E-state index in [1.54, 1.807) is 62.1 Å². The molecule has 0 saturated carbocycles. The van der Waals surface area contributed by atoms with E-state index in [0.29, 0.717) is 15.6 Å². The van der Waals surface area contributed by atoms with Crippen LogP contribution in [0.4, 0.5) is 4.79 Å². The van der Waals surface area contributed by atoms with Crippen LogP contribution in [0, 0.1) is 0 Å². The molecule has 39 heavy (non-hydrogen) atoms. The Balaban J connectivity index is 1.38. The molecule has 0 atom stereocenters. The SMILES string of the molecule is CC(C)(C)OC(=O)N(N)C(=O)c1ccc(C(=O)N2CCN(S(=O)(=O)c3ccc4cc(Cl)ccc4c3)CC2)cc1. The summed E-state index contributed by atoms with van der Waals surface area (Å²) in [6.07, 6.45) is -0.992. The Morgan fingerprint density at radius 2 is 1.44 bits per heavy atom. The number of hydrazine groups is 1. The normalized spacial score (nSPS) is 14.7. The number of fused-ring (bicyclic) bond motifs is 1. The van der Waals surface area contributed by atoms with Gasteiger partial charge in [-0.25, -0.2) is 19.1 Å². The summed E-state index contributed by atoms with van der Waals surface area (Å²) in [5, 5.41) is 2.56. The van der Waals surface area contributed by atoms with Crippen LogP contribution in [-0.2, 0) is 14.8 Å². The fourth-order valence-corrected chi connectivity index (χ4v) is 5.75. The molecular formula is C27H29ClN4O6S. The summed E-state index contributed by atoms with van der Waals surface area (Å²) in [5.41, 5.74) is -0.399. The first-order valence-corrected chi connectivity index (χ1v) is 14.0. The van der Waals surface area contributed by atoms with E-state index in [2.05, 4.69) is 0 Å². The van der Waals surface area contributed by atoms with E-state index in [4.69, 9.17) is 22.2 Å². The summed E-state index contributed by atoms with van der Waals surface area (Å²) in [7, 11) is -3.75. The van der Waals surface area contributed by atoms with Crippen molar-refractivity contribution in [1.82, 2.24) is 14.2 Å². The monoisotopic (exact) mass is 572 g/mol. The Kier molecular flexibility index (Phi) is 7.99. The van der Waals surface area contributed by atoms with Crippen molar-refractivity contribution < 1.29 is 27.5 Å². The predicted molar refractivity (Wildman–Crippen MR) is 147 cm³/mol. The van der Waals surface area contributed by atoms with E-state index in [1.807, 2.05) is 0 Å². The molecule has 4 rings (SSSR count). The molecule has 3 aromatic rings. The number of nitrogens with zero attached hydrogens (tertiary/aromatic N) is 3. The molecule has 0 spiro atoms. The molecule has 0 unspecified atom stereocenters. The number of imide groups is 1. The lowest BCUT2D eigenvalue weighted by Gasteiger charge is -2.34. The van der Waals surface area contributed by atoms with E-state index in [0.717, 1.165) is 10.8 Å². The second-order valence-corrected chi connectivity index (χ2v) is 12.5. The lowest BCUT2D eigenvalue weighted by molar-refractivity contribution is 0.0239. The molecule has 0 aromatic heterocycles. The average Bonchev–Trinajstić information content (AvgIpc) is 2.90. The second kappa shape index (κ2) is 10.9. The highest BCUT2D eigenvalue weighted by molar-refractivity contribution is 7.89. The summed E-state index contributed by atoms with van der Waals surface area (Å²) >= 11 is 6.02. The number of amides is 3. The number of benzene rings is 3. The molecule has 3 amide bonds. The molecule has 0 aliphatic carbocycles. The van der Waals surface area contributed by atoms with E-state index < -0.39 is 27.6 Å². The van der Waals surface area contributed by atoms with Crippen LogP contribution in [0.1, 0.15) is 41.5 Å². The van der Waals surface area contributed by atoms with Gasteiger partial charge in [-0.15, -0.1) is 0 Å². The van der Waals surface area contributed by atoms with Gasteiger partial charge in [-0.3, -0.25) is 9.59 Å². The van der Waals surface area contributed by atoms with Crippen molar-refractivity contribution in [2.45, 2.75) is 31.3 Å². The molecule has 1 fully saturated rings. The van der Waals surface area contributed by atoms with Gasteiger partial charge in [0.15, 0.2) is 0 Å². The number of rotatable bonds is 4. The summed E-state index contributed by atoms with van der Waals surface area (Å²) in [5.74, 6) is 4.53. The number of carbonyl (C=O) groups is 3. The van der Waals surface area contributed by atoms with Crippen LogP contribution in [0.3, 0.4) is 0 Å². The maximum Gasteiger partial charge on any atom is 0.432 e. The second-order valence-electron chi connectivity index (χ2n) is 10.1. The topological polar surface area (TPSA) is 130 Å². The first-order chi connectivity index (χ1) is 18.3. The van der Waals surface area contributed by atoms with Gasteiger partial charge in [-0.1, -0.05) is 23.7 Å². The summed E-state index contributed by atoms with van der Waals surface area (Å²) in [4.78, 5) is 39.4. The van der Waals surface area contributed by atoms with Crippen molar-refractivity contribution >= 4 is 50.3 Å². The van der Waals surface area contributed by atoms with Gasteiger partial charge >= 0.3 is 6.09 Å². The zero-order valence-corrected chi connectivity index (χ0v) is 23.3. The molecule has 2 N–H and O–H groups in total. The molecule has 1 aliphatic heterocycles. The summed E-state index contributed by atoms with van der Waals surface area (Å²) < 4.78 is 32.9. The number of sulfonamides is 1. The predicted octanol–water partition coefficient (Wildman–Crippen LogP) is 3.89. The first kappa shape index (κ1) is 28.5. The maximum absolute atomic E-state index is 13.2. The maximum atomic E-state index is 13.2. The van der Waals surface area contributed by atoms with Crippen molar-refractivity contribution in [3.05, 3.63) is 76.8 Å². The molecule has 10 nitrogen and oxygen atoms in total. The third-order valence-corrected chi connectivity index (χ3v) is 8.25. The quantitative estimate of drug-likeness (QED) is 0.285. The molecule has 1 heterocycles. The summed E-state index contributed by atoms with van der Waals surface area (Å²) in [6.45, 7) is 5.65. The van der Waals surface area contributed by atoms with Gasteiger partial charge in [0.1, 0.15) is 5.60 Å². The standard InChI is InChI=1S/C27H29ClN4O6S/c1-27(2,3)38-26(35)32(29)25(34)19-6-4-18(5-7-19)24(33)30-12-14-31(15-13-30)39(36,37)23-11-9-20-16-22(28)10-8-21(20)17-23/h4-11,16-17H,12-15,29H2,1-3H3. The van der Waals surface area contributed by atoms with Gasteiger partial charge in [0.25, 0.3) is 11.8 Å². The molecule has 1 aliphatic rings. The summed E-state index contributed by atoms with van der Waals surface area (Å²) in [6, 6.07) is 15.9. The van der Waals surface area contributed by atoms with Crippen LogP contribution in [0.5, 0.6) is 0 Å². The van der Waals surface area contributed by atoms with Gasteiger partial charge < -0.3 is 9.64 Å². The average molecular weight is 573 g/mol. The smallest absolute Gasteiger partial charge is 0.432 e. The van der Waals surface area contributed by atoms with Gasteiger partial charge in [0.2, 0.25) is 10.0 Å². The van der Waals surface area contributed by atoms with E-state index >= 15 is 0 Å². The van der Waals surface area contributed by atoms with Gasteiger partial charge in [0.05, 0.1) is 4.90 Å². The van der Waals surface area contributed by atoms with Crippen molar-refractivity contribution in [3.8, 4) is 0 Å². The minimum Gasteiger partial charge on any atom is -0.442 e. The minimum absolute atomic E-state index is 0.105. The van der Waals surface area contributed by atoms with Gasteiger partial charge in [-0.05, 0) is 80.1 Å². The van der Waals surface area contributed by atoms with Gasteiger partial charge in [-0.2, -0.15) is 9.31 Å². The third-order valence-electron chi connectivity index (χ3n) is 6.13. The highest BCUT2D eigenvalue weighted by atomic mass is 35.5. The highest BCUT2D eigenvalue weighted by Gasteiger charge is 2.31. The van der Waals surface area contributed by atoms with Gasteiger partial charge in [0, 0.05) is 42.3 Å². The Hall–Kier alpha value is -3.51. The van der Waals surface area contributed by atoms with Crippen molar-refractivity contribution in [2.24, 2.45) is 5.84 Å². The number of nitrogens with two attached hydrogens (primary N) is 1. The molecular weight excluding hydrogens is 544 g/mol. The molecule has 1 saturated heterocycles. The number of ether oxygens (including phenoxy) is 1. The van der Waals surface area contributed by atoms with E-state index in [-0.39, 0.29) is 42.5 Å². The Morgan fingerprint density at radius 1 is 0.872 bits per heavy atom. The first-order valence-electron chi connectivity index (χ1n) is 12.2. The van der Waals surface area contributed by atoms with E-state index in [9.17, 15) is 22.8 Å². The van der Waals surface area contributed by atoms with Crippen molar-refractivity contribution in [1.29, 1.82) is 0 Å². The van der Waals surface area contributed by atoms with Crippen LogP contribution in [-0.4, -0.2) is 72.3 Å². The van der Waals surface area contributed by atoms with E-state index in [1.165, 1.54) is 28.6 Å². The third kappa shape index (κ3) is 6.39. The highest BCUT2D eigenvalue weighted by Crippen LogP contribution is 2.25. The van der Waals surface area contributed by atoms with Crippen LogP contribution >= 0.6 is 11.6 Å². The van der Waals surface area contributed by atoms with Crippen molar-refractivity contribution in [2.75, 3.05) is 26.2 Å². The molecule has 206 valence electrons. The number of piperazine rings is 1. The van der Waals surface area contributed by atoms with Crippen LogP contribution < -0.4 is 5.84 Å². The molecule has 12 heteroatoms. The number of hydrogen-bond donors (Lipinski definition) is 1. The fourth-order valence-electron chi connectivity index (χ4n) is 4.11. The number of halogens is 1. The minimum atomic E-state index is -3.75.